The first-order valence-electron chi connectivity index (χ1n) is 6.01. The number of hydrogen-bond donors (Lipinski definition) is 2. The van der Waals surface area contributed by atoms with Gasteiger partial charge in [-0.05, 0) is 6.92 Å². The van der Waals surface area contributed by atoms with Crippen LogP contribution in [0.15, 0.2) is 9.64 Å². The first-order valence-corrected chi connectivity index (χ1v) is 6.89. The Balaban J connectivity index is 2.71. The standard InChI is InChI=1S/C11H20N4O2S/c1-6-8(15(4)5)10-13-14-11(17-10)18-7(2)9(16)12-3/h7-8H,6H2,1-5H3,(H,12,16)/p+1/t7-,8+/m1/s1. The van der Waals surface area contributed by atoms with Crippen molar-refractivity contribution >= 4 is 17.7 Å². The molecule has 0 aliphatic heterocycles. The highest BCUT2D eigenvalue weighted by Crippen LogP contribution is 2.23. The molecule has 0 aliphatic rings. The second kappa shape index (κ2) is 6.75. The average molecular weight is 273 g/mol. The quantitative estimate of drug-likeness (QED) is 0.708. The molecule has 102 valence electrons. The van der Waals surface area contributed by atoms with Crippen molar-refractivity contribution in [3.8, 4) is 0 Å². The zero-order valence-electron chi connectivity index (χ0n) is 11.5. The van der Waals surface area contributed by atoms with Gasteiger partial charge < -0.3 is 14.6 Å². The van der Waals surface area contributed by atoms with Crippen LogP contribution in [0.4, 0.5) is 0 Å². The summed E-state index contributed by atoms with van der Waals surface area (Å²) in [4.78, 5) is 12.6. The van der Waals surface area contributed by atoms with Gasteiger partial charge in [0.25, 0.3) is 11.1 Å². The van der Waals surface area contributed by atoms with E-state index in [2.05, 4.69) is 36.5 Å². The van der Waals surface area contributed by atoms with Crippen LogP contribution in [0.3, 0.4) is 0 Å². The van der Waals surface area contributed by atoms with Crippen molar-refractivity contribution < 1.29 is 14.1 Å². The Kier molecular flexibility index (Phi) is 5.61. The minimum Gasteiger partial charge on any atom is -0.410 e. The summed E-state index contributed by atoms with van der Waals surface area (Å²) in [6.07, 6.45) is 0.930. The lowest BCUT2D eigenvalue weighted by molar-refractivity contribution is -0.894. The van der Waals surface area contributed by atoms with Crippen molar-refractivity contribution in [2.75, 3.05) is 21.1 Å². The minimum absolute atomic E-state index is 0.0509. The van der Waals surface area contributed by atoms with Gasteiger partial charge in [-0.1, -0.05) is 18.7 Å². The fraction of sp³-hybridized carbons (Fsp3) is 0.727. The molecule has 0 aromatic carbocycles. The Morgan fingerprint density at radius 2 is 2.17 bits per heavy atom. The van der Waals surface area contributed by atoms with E-state index >= 15 is 0 Å². The molecular weight excluding hydrogens is 252 g/mol. The number of rotatable bonds is 6. The van der Waals surface area contributed by atoms with Crippen molar-refractivity contribution in [1.29, 1.82) is 0 Å². The molecule has 0 saturated heterocycles. The molecule has 2 N–H and O–H groups in total. The van der Waals surface area contributed by atoms with Crippen LogP contribution in [0.25, 0.3) is 0 Å². The van der Waals surface area contributed by atoms with Crippen LogP contribution >= 0.6 is 11.8 Å². The third kappa shape index (κ3) is 3.71. The van der Waals surface area contributed by atoms with Gasteiger partial charge in [0.1, 0.15) is 0 Å². The Labute approximate surface area is 112 Å². The molecule has 1 heterocycles. The molecule has 0 unspecified atom stereocenters. The van der Waals surface area contributed by atoms with E-state index in [1.165, 1.54) is 16.7 Å². The van der Waals surface area contributed by atoms with Crippen LogP contribution in [0.1, 0.15) is 32.2 Å². The predicted molar refractivity (Wildman–Crippen MR) is 69.5 cm³/mol. The molecule has 1 aromatic heterocycles. The fourth-order valence-electron chi connectivity index (χ4n) is 1.65. The molecule has 0 radical (unpaired) electrons. The van der Waals surface area contributed by atoms with Crippen molar-refractivity contribution in [2.45, 2.75) is 36.8 Å². The molecule has 18 heavy (non-hydrogen) atoms. The molecule has 1 amide bonds. The van der Waals surface area contributed by atoms with Gasteiger partial charge in [-0.25, -0.2) is 0 Å². The summed E-state index contributed by atoms with van der Waals surface area (Å²) < 4.78 is 5.60. The lowest BCUT2D eigenvalue weighted by atomic mass is 10.2. The number of hydrogen-bond acceptors (Lipinski definition) is 5. The number of aromatic nitrogens is 2. The fourth-order valence-corrected chi connectivity index (χ4v) is 2.40. The number of thioether (sulfide) groups is 1. The first-order chi connectivity index (χ1) is 8.49. The van der Waals surface area contributed by atoms with Gasteiger partial charge in [0.15, 0.2) is 6.04 Å². The zero-order chi connectivity index (χ0) is 13.7. The predicted octanol–water partition coefficient (Wildman–Crippen LogP) is -0.108. The lowest BCUT2D eigenvalue weighted by Gasteiger charge is -2.15. The lowest BCUT2D eigenvalue weighted by Crippen LogP contribution is -3.06. The van der Waals surface area contributed by atoms with E-state index in [-0.39, 0.29) is 17.2 Å². The number of quaternary nitrogens is 1. The SMILES string of the molecule is CC[C@@H](c1nnc(S[C@H](C)C(=O)NC)o1)[NH+](C)C. The van der Waals surface area contributed by atoms with E-state index in [4.69, 9.17) is 4.42 Å². The molecule has 2 atom stereocenters. The third-order valence-electron chi connectivity index (χ3n) is 2.72. The molecule has 1 aromatic rings. The first kappa shape index (κ1) is 15.0. The highest BCUT2D eigenvalue weighted by molar-refractivity contribution is 8.00. The van der Waals surface area contributed by atoms with Gasteiger partial charge in [0, 0.05) is 13.5 Å². The third-order valence-corrected chi connectivity index (χ3v) is 3.65. The molecule has 0 saturated carbocycles. The van der Waals surface area contributed by atoms with E-state index in [9.17, 15) is 4.79 Å². The van der Waals surface area contributed by atoms with Crippen LogP contribution < -0.4 is 10.2 Å². The number of nitrogens with one attached hydrogen (secondary N) is 2. The second-order valence-electron chi connectivity index (χ2n) is 4.32. The zero-order valence-corrected chi connectivity index (χ0v) is 12.3. The average Bonchev–Trinajstić information content (AvgIpc) is 2.76. The summed E-state index contributed by atoms with van der Waals surface area (Å²) in [7, 11) is 5.72. The molecule has 0 fully saturated rings. The van der Waals surface area contributed by atoms with E-state index < -0.39 is 0 Å². The highest BCUT2D eigenvalue weighted by atomic mass is 32.2. The van der Waals surface area contributed by atoms with E-state index in [1.807, 2.05) is 6.92 Å². The minimum atomic E-state index is -0.241. The highest BCUT2D eigenvalue weighted by Gasteiger charge is 2.24. The van der Waals surface area contributed by atoms with Crippen LogP contribution in [0.5, 0.6) is 0 Å². The molecule has 1 rings (SSSR count). The van der Waals surface area contributed by atoms with Crippen LogP contribution in [-0.4, -0.2) is 42.5 Å². The monoisotopic (exact) mass is 273 g/mol. The second-order valence-corrected chi connectivity index (χ2v) is 5.61. The summed E-state index contributed by atoms with van der Waals surface area (Å²) in [5.74, 6) is 0.578. The Morgan fingerprint density at radius 1 is 1.50 bits per heavy atom. The van der Waals surface area contributed by atoms with Gasteiger partial charge in [0.2, 0.25) is 5.91 Å². The Morgan fingerprint density at radius 3 is 2.67 bits per heavy atom. The molecule has 0 aliphatic carbocycles. The summed E-state index contributed by atoms with van der Waals surface area (Å²) in [5, 5.41) is 10.8. The number of carbonyl (C=O) groups is 1. The normalized spacial score (nSPS) is 14.6. The maximum Gasteiger partial charge on any atom is 0.277 e. The summed E-state index contributed by atoms with van der Waals surface area (Å²) in [5.41, 5.74) is 0. The largest absolute Gasteiger partial charge is 0.410 e. The van der Waals surface area contributed by atoms with Gasteiger partial charge in [-0.3, -0.25) is 4.79 Å². The number of carbonyl (C=O) groups excluding carboxylic acids is 1. The van der Waals surface area contributed by atoms with Crippen molar-refractivity contribution in [3.63, 3.8) is 0 Å². The van der Waals surface area contributed by atoms with Gasteiger partial charge >= 0.3 is 0 Å². The van der Waals surface area contributed by atoms with E-state index in [0.717, 1.165) is 6.42 Å². The maximum atomic E-state index is 11.4. The van der Waals surface area contributed by atoms with Crippen LogP contribution in [0.2, 0.25) is 0 Å². The van der Waals surface area contributed by atoms with Crippen LogP contribution in [0, 0.1) is 0 Å². The van der Waals surface area contributed by atoms with Crippen molar-refractivity contribution in [3.05, 3.63) is 5.89 Å². The maximum absolute atomic E-state index is 11.4. The molecule has 7 heteroatoms. The van der Waals surface area contributed by atoms with Gasteiger partial charge in [-0.15, -0.1) is 10.2 Å². The topological polar surface area (TPSA) is 72.5 Å². The number of amides is 1. The van der Waals surface area contributed by atoms with Gasteiger partial charge in [0.05, 0.1) is 19.3 Å². The summed E-state index contributed by atoms with van der Waals surface area (Å²) in [6, 6.07) is 0.196. The van der Waals surface area contributed by atoms with Crippen molar-refractivity contribution in [1.82, 2.24) is 15.5 Å². The Bertz CT molecular complexity index is 394. The Hall–Kier alpha value is -1.08. The molecule has 0 bridgehead atoms. The van der Waals surface area contributed by atoms with E-state index in [0.29, 0.717) is 11.1 Å². The van der Waals surface area contributed by atoms with Crippen molar-refractivity contribution in [2.24, 2.45) is 0 Å². The molecule has 0 spiro atoms. The van der Waals surface area contributed by atoms with E-state index in [1.54, 1.807) is 7.05 Å². The smallest absolute Gasteiger partial charge is 0.277 e. The summed E-state index contributed by atoms with van der Waals surface area (Å²) in [6.45, 7) is 3.89. The van der Waals surface area contributed by atoms with Crippen LogP contribution in [-0.2, 0) is 4.79 Å². The molecule has 6 nitrogen and oxygen atoms in total. The number of nitrogens with zero attached hydrogens (tertiary/aromatic N) is 2. The summed E-state index contributed by atoms with van der Waals surface area (Å²) >= 11 is 1.28. The molecular formula is C11H21N4O2S+. The van der Waals surface area contributed by atoms with Gasteiger partial charge in [-0.2, -0.15) is 0 Å².